The molecule has 1 fully saturated rings. The summed E-state index contributed by atoms with van der Waals surface area (Å²) in [6.45, 7) is 9.54. The largest absolute Gasteiger partial charge is 0.508 e. The predicted molar refractivity (Wildman–Crippen MR) is 93.8 cm³/mol. The van der Waals surface area contributed by atoms with Crippen molar-refractivity contribution < 1.29 is 23.8 Å². The summed E-state index contributed by atoms with van der Waals surface area (Å²) in [5, 5.41) is 11.1. The summed E-state index contributed by atoms with van der Waals surface area (Å²) in [6.07, 6.45) is 0. The molecule has 25 heavy (non-hydrogen) atoms. The van der Waals surface area contributed by atoms with E-state index in [2.05, 4.69) is 4.90 Å². The molecule has 2 aromatic rings. The van der Waals surface area contributed by atoms with Crippen LogP contribution in [0, 0.1) is 12.8 Å². The fourth-order valence-corrected chi connectivity index (χ4v) is 3.07. The third-order valence-electron chi connectivity index (χ3n) is 4.35. The number of furan rings is 1. The Morgan fingerprint density at radius 1 is 1.32 bits per heavy atom. The third kappa shape index (κ3) is 3.80. The van der Waals surface area contributed by atoms with Crippen LogP contribution in [0.5, 0.6) is 5.75 Å². The number of rotatable bonds is 5. The van der Waals surface area contributed by atoms with Gasteiger partial charge in [0.15, 0.2) is 0 Å². The first-order valence-electron chi connectivity index (χ1n) is 8.68. The van der Waals surface area contributed by atoms with E-state index >= 15 is 0 Å². The highest BCUT2D eigenvalue weighted by molar-refractivity contribution is 6.06. The lowest BCUT2D eigenvalue weighted by molar-refractivity contribution is 0.0340. The summed E-state index contributed by atoms with van der Waals surface area (Å²) in [5.41, 5.74) is 1.71. The molecular formula is C19H25NO5. The highest BCUT2D eigenvalue weighted by Crippen LogP contribution is 2.35. The Hall–Kier alpha value is -2.05. The van der Waals surface area contributed by atoms with Gasteiger partial charge in [0.2, 0.25) is 0 Å². The monoisotopic (exact) mass is 347 g/mol. The maximum atomic E-state index is 12.6. The van der Waals surface area contributed by atoms with Crippen LogP contribution in [0.2, 0.25) is 0 Å². The summed E-state index contributed by atoms with van der Waals surface area (Å²) in [4.78, 5) is 14.8. The van der Waals surface area contributed by atoms with E-state index < -0.39 is 5.97 Å². The first-order valence-corrected chi connectivity index (χ1v) is 8.68. The summed E-state index contributed by atoms with van der Waals surface area (Å²) in [7, 11) is 0. The number of ether oxygens (including phenoxy) is 2. The van der Waals surface area contributed by atoms with Crippen molar-refractivity contribution in [3.05, 3.63) is 29.0 Å². The number of benzene rings is 1. The number of nitrogens with zero attached hydrogens (tertiary/aromatic N) is 1. The lowest BCUT2D eigenvalue weighted by atomic mass is 10.0. The van der Waals surface area contributed by atoms with Gasteiger partial charge in [0, 0.05) is 30.6 Å². The van der Waals surface area contributed by atoms with E-state index in [1.807, 2.05) is 13.8 Å². The molecule has 0 atom stereocenters. The molecule has 0 bridgehead atoms. The van der Waals surface area contributed by atoms with Crippen molar-refractivity contribution in [2.45, 2.75) is 27.3 Å². The van der Waals surface area contributed by atoms with Crippen molar-refractivity contribution in [1.29, 1.82) is 0 Å². The van der Waals surface area contributed by atoms with Gasteiger partial charge in [-0.15, -0.1) is 0 Å². The summed E-state index contributed by atoms with van der Waals surface area (Å²) in [5.74, 6) is 0.526. The molecule has 0 amide bonds. The van der Waals surface area contributed by atoms with Gasteiger partial charge in [-0.25, -0.2) is 4.79 Å². The third-order valence-corrected chi connectivity index (χ3v) is 4.35. The Balaban J connectivity index is 2.00. The lowest BCUT2D eigenvalue weighted by Crippen LogP contribution is -2.35. The quantitative estimate of drug-likeness (QED) is 0.838. The highest BCUT2D eigenvalue weighted by atomic mass is 16.5. The van der Waals surface area contributed by atoms with Crippen LogP contribution in [0.25, 0.3) is 11.0 Å². The number of hydrogen-bond donors (Lipinski definition) is 1. The van der Waals surface area contributed by atoms with Crippen molar-refractivity contribution in [2.24, 2.45) is 5.92 Å². The van der Waals surface area contributed by atoms with Crippen LogP contribution >= 0.6 is 0 Å². The summed E-state index contributed by atoms with van der Waals surface area (Å²) >= 11 is 0. The minimum Gasteiger partial charge on any atom is -0.508 e. The van der Waals surface area contributed by atoms with Crippen LogP contribution in [-0.2, 0) is 16.0 Å². The maximum Gasteiger partial charge on any atom is 0.342 e. The molecule has 0 spiro atoms. The van der Waals surface area contributed by atoms with Crippen LogP contribution in [0.1, 0.15) is 35.5 Å². The van der Waals surface area contributed by atoms with Gasteiger partial charge in [0.1, 0.15) is 22.7 Å². The lowest BCUT2D eigenvalue weighted by Gasteiger charge is -2.27. The molecule has 0 aliphatic carbocycles. The molecule has 0 saturated carbocycles. The fourth-order valence-electron chi connectivity index (χ4n) is 3.07. The molecular weight excluding hydrogens is 322 g/mol. The Kier molecular flexibility index (Phi) is 5.30. The molecule has 1 aliphatic rings. The van der Waals surface area contributed by atoms with Gasteiger partial charge in [-0.05, 0) is 25.0 Å². The van der Waals surface area contributed by atoms with Crippen molar-refractivity contribution in [3.8, 4) is 5.75 Å². The second-order valence-corrected chi connectivity index (χ2v) is 6.85. The minimum absolute atomic E-state index is 0.165. The minimum atomic E-state index is -0.404. The average Bonchev–Trinajstić information content (AvgIpc) is 2.92. The Morgan fingerprint density at radius 2 is 2.04 bits per heavy atom. The van der Waals surface area contributed by atoms with Crippen LogP contribution in [-0.4, -0.2) is 48.9 Å². The average molecular weight is 347 g/mol. The van der Waals surface area contributed by atoms with Gasteiger partial charge in [-0.1, -0.05) is 13.8 Å². The van der Waals surface area contributed by atoms with E-state index in [0.29, 0.717) is 54.2 Å². The smallest absolute Gasteiger partial charge is 0.342 e. The van der Waals surface area contributed by atoms with E-state index in [0.717, 1.165) is 13.1 Å². The molecule has 2 heterocycles. The first-order chi connectivity index (χ1) is 12.0. The van der Waals surface area contributed by atoms with Gasteiger partial charge >= 0.3 is 5.97 Å². The van der Waals surface area contributed by atoms with Crippen LogP contribution < -0.4 is 0 Å². The number of phenolic OH excluding ortho intramolecular Hbond substituents is 1. The van der Waals surface area contributed by atoms with Crippen molar-refractivity contribution in [1.82, 2.24) is 4.90 Å². The molecule has 1 aromatic heterocycles. The van der Waals surface area contributed by atoms with Crippen LogP contribution in [0.15, 0.2) is 16.5 Å². The van der Waals surface area contributed by atoms with Gasteiger partial charge in [0.25, 0.3) is 0 Å². The molecule has 3 rings (SSSR count). The molecule has 1 saturated heterocycles. The van der Waals surface area contributed by atoms with E-state index in [1.54, 1.807) is 19.1 Å². The standard InChI is InChI=1S/C19H25NO5/c1-12(2)11-24-19(22)17-13(3)25-16-5-4-15(21)14(18(16)17)10-20-6-8-23-9-7-20/h4-5,12,21H,6-11H2,1-3H3. The number of carbonyl (C=O) groups excluding carboxylic acids is 1. The van der Waals surface area contributed by atoms with E-state index in [1.165, 1.54) is 0 Å². The molecule has 1 aliphatic heterocycles. The topological polar surface area (TPSA) is 72.1 Å². The number of fused-ring (bicyclic) bond motifs is 1. The molecule has 6 nitrogen and oxygen atoms in total. The van der Waals surface area contributed by atoms with Crippen molar-refractivity contribution in [3.63, 3.8) is 0 Å². The van der Waals surface area contributed by atoms with Gasteiger partial charge in [-0.3, -0.25) is 4.90 Å². The van der Waals surface area contributed by atoms with Crippen molar-refractivity contribution in [2.75, 3.05) is 32.9 Å². The van der Waals surface area contributed by atoms with Crippen molar-refractivity contribution >= 4 is 16.9 Å². The second-order valence-electron chi connectivity index (χ2n) is 6.85. The fraction of sp³-hybridized carbons (Fsp3) is 0.526. The number of morpholine rings is 1. The van der Waals surface area contributed by atoms with Crippen LogP contribution in [0.4, 0.5) is 0 Å². The zero-order valence-corrected chi connectivity index (χ0v) is 15.0. The molecule has 0 radical (unpaired) electrons. The number of hydrogen-bond acceptors (Lipinski definition) is 6. The summed E-state index contributed by atoms with van der Waals surface area (Å²) < 4.78 is 16.5. The first kappa shape index (κ1) is 17.8. The summed E-state index contributed by atoms with van der Waals surface area (Å²) in [6, 6.07) is 3.31. The molecule has 136 valence electrons. The molecule has 6 heteroatoms. The molecule has 1 aromatic carbocycles. The highest BCUT2D eigenvalue weighted by Gasteiger charge is 2.25. The number of esters is 1. The normalized spacial score (nSPS) is 15.8. The maximum absolute atomic E-state index is 12.6. The zero-order chi connectivity index (χ0) is 18.0. The van der Waals surface area contributed by atoms with E-state index in [4.69, 9.17) is 13.9 Å². The molecule has 1 N–H and O–H groups in total. The Bertz CT molecular complexity index is 759. The number of phenols is 1. The van der Waals surface area contributed by atoms with Gasteiger partial charge in [-0.2, -0.15) is 0 Å². The second kappa shape index (κ2) is 7.45. The van der Waals surface area contributed by atoms with E-state index in [-0.39, 0.29) is 11.7 Å². The SMILES string of the molecule is Cc1oc2ccc(O)c(CN3CCOCC3)c2c1C(=O)OCC(C)C. The number of aromatic hydroxyl groups is 1. The van der Waals surface area contributed by atoms with E-state index in [9.17, 15) is 9.90 Å². The van der Waals surface area contributed by atoms with Gasteiger partial charge < -0.3 is 19.0 Å². The van der Waals surface area contributed by atoms with Crippen LogP contribution in [0.3, 0.4) is 0 Å². The van der Waals surface area contributed by atoms with Gasteiger partial charge in [0.05, 0.1) is 19.8 Å². The number of aryl methyl sites for hydroxylation is 1. The predicted octanol–water partition coefficient (Wildman–Crippen LogP) is 3.09. The Labute approximate surface area is 147 Å². The zero-order valence-electron chi connectivity index (χ0n) is 15.0. The number of carbonyl (C=O) groups is 1. The Morgan fingerprint density at radius 3 is 2.72 bits per heavy atom. The molecule has 0 unspecified atom stereocenters.